The van der Waals surface area contributed by atoms with Gasteiger partial charge >= 0.3 is 0 Å². The molecule has 0 atom stereocenters. The zero-order valence-corrected chi connectivity index (χ0v) is 17.3. The first kappa shape index (κ1) is 17.9. The first-order chi connectivity index (χ1) is 14.1. The first-order valence-electron chi connectivity index (χ1n) is 9.00. The standard InChI is InChI=1S/C22H15IN4O2/c23-21-19-15(24)10-11-25-22(19)27(26-21)12-17-18(13-6-2-1-3-7-13)20(28)14-8-4-5-9-16(14)29-17/h1-11H,12H2,(H2,24,25). The number of anilines is 1. The fourth-order valence-electron chi connectivity index (χ4n) is 3.52. The highest BCUT2D eigenvalue weighted by Crippen LogP contribution is 2.28. The Kier molecular flexibility index (Phi) is 4.31. The molecule has 3 heterocycles. The molecule has 29 heavy (non-hydrogen) atoms. The van der Waals surface area contributed by atoms with Gasteiger partial charge in [-0.3, -0.25) is 4.79 Å². The van der Waals surface area contributed by atoms with Crippen molar-refractivity contribution in [2.24, 2.45) is 0 Å². The topological polar surface area (TPSA) is 86.9 Å². The highest BCUT2D eigenvalue weighted by atomic mass is 127. The van der Waals surface area contributed by atoms with Crippen molar-refractivity contribution in [3.8, 4) is 11.1 Å². The van der Waals surface area contributed by atoms with E-state index in [-0.39, 0.29) is 12.0 Å². The number of aromatic nitrogens is 3. The molecule has 7 heteroatoms. The number of nitrogens with zero attached hydrogens (tertiary/aromatic N) is 3. The van der Waals surface area contributed by atoms with Crippen LogP contribution >= 0.6 is 22.6 Å². The van der Waals surface area contributed by atoms with Crippen LogP contribution in [-0.2, 0) is 6.54 Å². The van der Waals surface area contributed by atoms with Gasteiger partial charge in [0, 0.05) is 11.9 Å². The summed E-state index contributed by atoms with van der Waals surface area (Å²) in [6, 6.07) is 18.6. The van der Waals surface area contributed by atoms with Crippen LogP contribution in [0.4, 0.5) is 5.69 Å². The van der Waals surface area contributed by atoms with E-state index in [0.29, 0.717) is 33.6 Å². The summed E-state index contributed by atoms with van der Waals surface area (Å²) < 4.78 is 8.68. The van der Waals surface area contributed by atoms with E-state index < -0.39 is 0 Å². The summed E-state index contributed by atoms with van der Waals surface area (Å²) in [7, 11) is 0. The predicted octanol–water partition coefficient (Wildman–Crippen LogP) is 4.44. The van der Waals surface area contributed by atoms with Crippen molar-refractivity contribution in [3.63, 3.8) is 0 Å². The maximum atomic E-state index is 13.3. The normalized spacial score (nSPS) is 11.3. The molecule has 3 aromatic heterocycles. The summed E-state index contributed by atoms with van der Waals surface area (Å²) in [5.74, 6) is 0.532. The minimum atomic E-state index is -0.0633. The van der Waals surface area contributed by atoms with Gasteiger partial charge in [0.25, 0.3) is 0 Å². The largest absolute Gasteiger partial charge is 0.458 e. The average Bonchev–Trinajstić information content (AvgIpc) is 3.05. The molecule has 2 aromatic carbocycles. The van der Waals surface area contributed by atoms with Gasteiger partial charge in [-0.1, -0.05) is 42.5 Å². The third-order valence-corrected chi connectivity index (χ3v) is 5.60. The number of rotatable bonds is 3. The second-order valence-electron chi connectivity index (χ2n) is 6.64. The van der Waals surface area contributed by atoms with Crippen molar-refractivity contribution in [2.75, 3.05) is 5.73 Å². The van der Waals surface area contributed by atoms with Crippen molar-refractivity contribution in [2.45, 2.75) is 6.54 Å². The average molecular weight is 494 g/mol. The van der Waals surface area contributed by atoms with Crippen molar-refractivity contribution >= 4 is 50.3 Å². The molecule has 0 bridgehead atoms. The van der Waals surface area contributed by atoms with Gasteiger partial charge < -0.3 is 10.2 Å². The van der Waals surface area contributed by atoms with Crippen LogP contribution in [0.1, 0.15) is 5.76 Å². The molecule has 0 saturated carbocycles. The molecule has 2 N–H and O–H groups in total. The van der Waals surface area contributed by atoms with Crippen LogP contribution in [-0.4, -0.2) is 14.8 Å². The number of nitrogens with two attached hydrogens (primary N) is 1. The van der Waals surface area contributed by atoms with Gasteiger partial charge in [0.15, 0.2) is 5.65 Å². The lowest BCUT2D eigenvalue weighted by molar-refractivity contribution is 0.505. The number of para-hydroxylation sites is 1. The SMILES string of the molecule is Nc1ccnc2c1c(I)nn2Cc1oc2ccccc2c(=O)c1-c1ccccc1. The molecule has 0 aliphatic heterocycles. The molecule has 6 nitrogen and oxygen atoms in total. The summed E-state index contributed by atoms with van der Waals surface area (Å²) in [5, 5.41) is 5.95. The molecule has 0 amide bonds. The zero-order valence-electron chi connectivity index (χ0n) is 15.2. The Labute approximate surface area is 179 Å². The van der Waals surface area contributed by atoms with E-state index in [2.05, 4.69) is 32.7 Å². The fraction of sp³-hybridized carbons (Fsp3) is 0.0455. The van der Waals surface area contributed by atoms with E-state index in [1.165, 1.54) is 0 Å². The number of benzene rings is 2. The van der Waals surface area contributed by atoms with Crippen LogP contribution in [0.15, 0.2) is 76.1 Å². The van der Waals surface area contributed by atoms with Crippen LogP contribution < -0.4 is 11.2 Å². The van der Waals surface area contributed by atoms with Crippen LogP contribution in [0, 0.1) is 3.70 Å². The Morgan fingerprint density at radius 3 is 2.62 bits per heavy atom. The first-order valence-corrected chi connectivity index (χ1v) is 10.1. The Balaban J connectivity index is 1.77. The Bertz CT molecular complexity index is 1420. The Morgan fingerprint density at radius 1 is 1.03 bits per heavy atom. The van der Waals surface area contributed by atoms with Crippen LogP contribution in [0.2, 0.25) is 0 Å². The summed E-state index contributed by atoms with van der Waals surface area (Å²) in [6.07, 6.45) is 1.65. The lowest BCUT2D eigenvalue weighted by Crippen LogP contribution is -2.12. The molecular formula is C22H15IN4O2. The molecule has 5 aromatic rings. The highest BCUT2D eigenvalue weighted by molar-refractivity contribution is 14.1. The number of hydrogen-bond donors (Lipinski definition) is 1. The maximum absolute atomic E-state index is 13.3. The molecule has 0 spiro atoms. The summed E-state index contributed by atoms with van der Waals surface area (Å²) in [4.78, 5) is 17.8. The van der Waals surface area contributed by atoms with Gasteiger partial charge in [-0.2, -0.15) is 5.10 Å². The van der Waals surface area contributed by atoms with E-state index >= 15 is 0 Å². The minimum Gasteiger partial charge on any atom is -0.458 e. The number of fused-ring (bicyclic) bond motifs is 2. The maximum Gasteiger partial charge on any atom is 0.200 e. The van der Waals surface area contributed by atoms with Crippen LogP contribution in [0.5, 0.6) is 0 Å². The van der Waals surface area contributed by atoms with Crippen LogP contribution in [0.3, 0.4) is 0 Å². The lowest BCUT2D eigenvalue weighted by Gasteiger charge is -2.11. The summed E-state index contributed by atoms with van der Waals surface area (Å²) in [5.41, 5.74) is 9.21. The molecular weight excluding hydrogens is 479 g/mol. The van der Waals surface area contributed by atoms with Crippen molar-refractivity contribution in [1.29, 1.82) is 0 Å². The van der Waals surface area contributed by atoms with Crippen molar-refractivity contribution in [3.05, 3.63) is 86.5 Å². The molecule has 0 saturated heterocycles. The molecule has 5 rings (SSSR count). The fourth-order valence-corrected chi connectivity index (χ4v) is 4.33. The summed E-state index contributed by atoms with van der Waals surface area (Å²) in [6.45, 7) is 0.264. The third-order valence-electron chi connectivity index (χ3n) is 4.85. The van der Waals surface area contributed by atoms with Gasteiger partial charge in [-0.25, -0.2) is 9.67 Å². The molecule has 0 aliphatic rings. The van der Waals surface area contributed by atoms with E-state index in [1.54, 1.807) is 29.1 Å². The van der Waals surface area contributed by atoms with Gasteiger partial charge in [0.2, 0.25) is 5.43 Å². The van der Waals surface area contributed by atoms with E-state index in [0.717, 1.165) is 14.7 Å². The predicted molar refractivity (Wildman–Crippen MR) is 122 cm³/mol. The quantitative estimate of drug-likeness (QED) is 0.375. The molecule has 0 radical (unpaired) electrons. The number of halogens is 1. The zero-order chi connectivity index (χ0) is 20.0. The van der Waals surface area contributed by atoms with Gasteiger partial charge in [0.1, 0.15) is 21.6 Å². The van der Waals surface area contributed by atoms with Crippen molar-refractivity contribution in [1.82, 2.24) is 14.8 Å². The number of pyridine rings is 1. The molecule has 142 valence electrons. The Morgan fingerprint density at radius 2 is 1.79 bits per heavy atom. The monoisotopic (exact) mass is 494 g/mol. The van der Waals surface area contributed by atoms with Gasteiger partial charge in [0.05, 0.1) is 16.3 Å². The lowest BCUT2D eigenvalue weighted by atomic mass is 10.0. The summed E-state index contributed by atoms with van der Waals surface area (Å²) >= 11 is 2.14. The van der Waals surface area contributed by atoms with E-state index in [4.69, 9.17) is 10.2 Å². The number of nitrogen functional groups attached to an aromatic ring is 1. The second-order valence-corrected chi connectivity index (χ2v) is 7.66. The van der Waals surface area contributed by atoms with Gasteiger partial charge in [-0.05, 0) is 46.4 Å². The third kappa shape index (κ3) is 2.98. The van der Waals surface area contributed by atoms with E-state index in [1.807, 2.05) is 42.5 Å². The van der Waals surface area contributed by atoms with E-state index in [9.17, 15) is 4.79 Å². The van der Waals surface area contributed by atoms with Crippen LogP contribution in [0.25, 0.3) is 33.1 Å². The van der Waals surface area contributed by atoms with Crippen molar-refractivity contribution < 1.29 is 4.42 Å². The highest BCUT2D eigenvalue weighted by Gasteiger charge is 2.19. The molecule has 0 fully saturated rings. The Hall–Kier alpha value is -3.20. The smallest absolute Gasteiger partial charge is 0.200 e. The second kappa shape index (κ2) is 7.00. The molecule has 0 unspecified atom stereocenters. The molecule has 0 aliphatic carbocycles. The minimum absolute atomic E-state index is 0.0633. The van der Waals surface area contributed by atoms with Gasteiger partial charge in [-0.15, -0.1) is 0 Å². The number of hydrogen-bond acceptors (Lipinski definition) is 5.